The van der Waals surface area contributed by atoms with Gasteiger partial charge in [0.15, 0.2) is 0 Å². The largest absolute Gasteiger partial charge is 1.00 e. The van der Waals surface area contributed by atoms with Crippen LogP contribution in [0.3, 0.4) is 0 Å². The van der Waals surface area contributed by atoms with Crippen molar-refractivity contribution in [2.75, 3.05) is 12.6 Å². The first-order valence-electron chi connectivity index (χ1n) is 9.34. The van der Waals surface area contributed by atoms with Gasteiger partial charge < -0.3 is 18.9 Å². The summed E-state index contributed by atoms with van der Waals surface area (Å²) in [6, 6.07) is 16.5. The zero-order valence-corrected chi connectivity index (χ0v) is 25.3. The second kappa shape index (κ2) is 13.7. The molecular weight excluding hydrogens is 458 g/mol. The van der Waals surface area contributed by atoms with Gasteiger partial charge in [-0.15, -0.1) is 0 Å². The Morgan fingerprint density at radius 2 is 1.10 bits per heavy atom. The number of benzene rings is 2. The minimum atomic E-state index is -3.93. The van der Waals surface area contributed by atoms with Gasteiger partial charge in [0.1, 0.15) is 0 Å². The molecule has 0 N–H and O–H groups in total. The molecule has 0 radical (unpaired) electrons. The summed E-state index contributed by atoms with van der Waals surface area (Å²) in [6.07, 6.45) is 4.30. The van der Waals surface area contributed by atoms with Crippen LogP contribution in [0.1, 0.15) is 32.1 Å². The van der Waals surface area contributed by atoms with Crippen LogP contribution in [0, 0.1) is 0 Å². The van der Waals surface area contributed by atoms with E-state index >= 15 is 0 Å². The van der Waals surface area contributed by atoms with Crippen LogP contribution in [0.5, 0.6) is 0 Å². The van der Waals surface area contributed by atoms with Crippen molar-refractivity contribution in [2.45, 2.75) is 38.1 Å². The smallest absolute Gasteiger partial charge is 0.795 e. The van der Waals surface area contributed by atoms with Gasteiger partial charge in [0.25, 0.3) is 0 Å². The summed E-state index contributed by atoms with van der Waals surface area (Å²) in [7, 11) is -7.86. The van der Waals surface area contributed by atoms with Crippen LogP contribution in [0.2, 0.25) is 0 Å². The molecule has 2 aromatic rings. The Bertz CT molecular complexity index is 771. The molecule has 5 nitrogen and oxygen atoms in total. The standard InChI is InChI=1S/C20H27NO4P2.2K/c22-26(23,19-12-6-2-7-13-19)16-21(18-10-4-1-5-11-18)17-27(24,25)20-14-8-3-9-15-20;;/h2-3,6-9,12-15,18H,1,4-5,10-11,16-17H2,(H,22,23)(H,24,25);;/q;2*+1/p-2. The minimum absolute atomic E-state index is 0. The molecule has 146 valence electrons. The van der Waals surface area contributed by atoms with Crippen LogP contribution in [0.4, 0.5) is 0 Å². The summed E-state index contributed by atoms with van der Waals surface area (Å²) < 4.78 is 25.8. The van der Waals surface area contributed by atoms with Crippen LogP contribution in [-0.4, -0.2) is 23.5 Å². The first-order chi connectivity index (χ1) is 12.9. The molecular formula is C20H25K2NO4P2. The Hall–Kier alpha value is 2.05. The van der Waals surface area contributed by atoms with E-state index in [-0.39, 0.29) is 132 Å². The average molecular weight is 484 g/mol. The van der Waals surface area contributed by atoms with E-state index in [1.165, 1.54) is 0 Å². The van der Waals surface area contributed by atoms with Crippen LogP contribution in [-0.2, 0) is 9.13 Å². The fraction of sp³-hybridized carbons (Fsp3) is 0.400. The molecule has 1 aliphatic rings. The van der Waals surface area contributed by atoms with Crippen molar-refractivity contribution in [2.24, 2.45) is 0 Å². The molecule has 1 saturated carbocycles. The summed E-state index contributed by atoms with van der Waals surface area (Å²) in [6.45, 7) is 0. The third kappa shape index (κ3) is 8.73. The zero-order chi connectivity index (χ0) is 19.3. The van der Waals surface area contributed by atoms with E-state index in [9.17, 15) is 18.9 Å². The monoisotopic (exact) mass is 483 g/mol. The van der Waals surface area contributed by atoms with Crippen molar-refractivity contribution in [3.05, 3.63) is 60.7 Å². The Labute approximate surface area is 258 Å². The fourth-order valence-corrected chi connectivity index (χ4v) is 7.03. The van der Waals surface area contributed by atoms with E-state index in [4.69, 9.17) is 0 Å². The van der Waals surface area contributed by atoms with Gasteiger partial charge in [-0.1, -0.05) is 79.9 Å². The van der Waals surface area contributed by atoms with Gasteiger partial charge in [0.05, 0.1) is 14.7 Å². The van der Waals surface area contributed by atoms with Crippen molar-refractivity contribution in [3.8, 4) is 0 Å². The molecule has 2 aromatic carbocycles. The van der Waals surface area contributed by atoms with E-state index in [2.05, 4.69) is 0 Å². The Morgan fingerprint density at radius 3 is 1.48 bits per heavy atom. The molecule has 0 aromatic heterocycles. The van der Waals surface area contributed by atoms with Crippen molar-refractivity contribution in [3.63, 3.8) is 0 Å². The number of hydrogen-bond donors (Lipinski definition) is 0. The number of hydrogen-bond acceptors (Lipinski definition) is 5. The second-order valence-corrected chi connectivity index (χ2v) is 11.5. The summed E-state index contributed by atoms with van der Waals surface area (Å²) in [5.41, 5.74) is 0. The van der Waals surface area contributed by atoms with Gasteiger partial charge in [0.2, 0.25) is 0 Å². The van der Waals surface area contributed by atoms with Gasteiger partial charge in [0, 0.05) is 18.6 Å². The Morgan fingerprint density at radius 1 is 0.724 bits per heavy atom. The third-order valence-corrected chi connectivity index (χ3v) is 8.77. The molecule has 0 saturated heterocycles. The predicted octanol–water partition coefficient (Wildman–Crippen LogP) is -3.53. The predicted molar refractivity (Wildman–Crippen MR) is 106 cm³/mol. The van der Waals surface area contributed by atoms with E-state index in [0.717, 1.165) is 32.1 Å². The quantitative estimate of drug-likeness (QED) is 0.301. The SMILES string of the molecule is O=P([O-])(CN(CP(=O)([O-])c1ccccc1)C1CCCCC1)c1ccccc1.[K+].[K+]. The summed E-state index contributed by atoms with van der Waals surface area (Å²) in [5.74, 6) is 0. The maximum atomic E-state index is 12.9. The molecule has 0 bridgehead atoms. The fourth-order valence-electron chi connectivity index (χ4n) is 3.67. The summed E-state index contributed by atoms with van der Waals surface area (Å²) >= 11 is 0. The molecule has 0 aliphatic heterocycles. The van der Waals surface area contributed by atoms with Crippen LogP contribution in [0.15, 0.2) is 60.7 Å². The molecule has 0 heterocycles. The average Bonchev–Trinajstić information content (AvgIpc) is 2.69. The van der Waals surface area contributed by atoms with Gasteiger partial charge in [-0.3, -0.25) is 4.90 Å². The molecule has 3 rings (SSSR count). The normalized spacial score (nSPS) is 18.7. The first-order valence-corrected chi connectivity index (χ1v) is 13.0. The topological polar surface area (TPSA) is 83.5 Å². The molecule has 2 atom stereocenters. The Balaban J connectivity index is 0.00000210. The molecule has 29 heavy (non-hydrogen) atoms. The Kier molecular flexibility index (Phi) is 13.7. The zero-order valence-electron chi connectivity index (χ0n) is 17.3. The van der Waals surface area contributed by atoms with Crippen molar-refractivity contribution in [1.82, 2.24) is 4.90 Å². The maximum absolute atomic E-state index is 12.9. The van der Waals surface area contributed by atoms with E-state index in [1.54, 1.807) is 65.6 Å². The van der Waals surface area contributed by atoms with Crippen molar-refractivity contribution in [1.29, 1.82) is 0 Å². The van der Waals surface area contributed by atoms with Crippen LogP contribution in [0.25, 0.3) is 0 Å². The molecule has 9 heteroatoms. The summed E-state index contributed by atoms with van der Waals surface area (Å²) in [4.78, 5) is 27.5. The van der Waals surface area contributed by atoms with Gasteiger partial charge >= 0.3 is 103 Å². The molecule has 1 aliphatic carbocycles. The van der Waals surface area contributed by atoms with Gasteiger partial charge in [-0.2, -0.15) is 0 Å². The third-order valence-electron chi connectivity index (χ3n) is 5.13. The second-order valence-electron chi connectivity index (χ2n) is 7.18. The van der Waals surface area contributed by atoms with E-state index in [1.807, 2.05) is 0 Å². The molecule has 0 amide bonds. The van der Waals surface area contributed by atoms with Gasteiger partial charge in [-0.25, -0.2) is 0 Å². The van der Waals surface area contributed by atoms with Crippen LogP contribution >= 0.6 is 14.7 Å². The minimum Gasteiger partial charge on any atom is -0.795 e. The van der Waals surface area contributed by atoms with Gasteiger partial charge in [-0.05, 0) is 23.5 Å². The number of rotatable bonds is 7. The first kappa shape index (κ1) is 29.1. The summed E-state index contributed by atoms with van der Waals surface area (Å²) in [5, 5.41) is 0.512. The molecule has 2 unspecified atom stereocenters. The number of nitrogens with zero attached hydrogens (tertiary/aromatic N) is 1. The van der Waals surface area contributed by atoms with Crippen molar-refractivity contribution >= 4 is 25.3 Å². The molecule has 1 fully saturated rings. The molecule has 0 spiro atoms. The van der Waals surface area contributed by atoms with Crippen molar-refractivity contribution < 1.29 is 122 Å². The maximum Gasteiger partial charge on any atom is 1.00 e. The van der Waals surface area contributed by atoms with E-state index < -0.39 is 14.7 Å². The van der Waals surface area contributed by atoms with E-state index in [0.29, 0.717) is 0 Å². The van der Waals surface area contributed by atoms with Crippen LogP contribution < -0.4 is 123 Å².